The predicted molar refractivity (Wildman–Crippen MR) is 43.7 cm³/mol. The molecule has 8 heteroatoms. The van der Waals surface area contributed by atoms with Crippen LogP contribution in [0.2, 0.25) is 0 Å². The van der Waals surface area contributed by atoms with Crippen LogP contribution < -0.4 is 0 Å². The molecule has 0 spiro atoms. The Balaban J connectivity index is 4.98. The third-order valence-corrected chi connectivity index (χ3v) is 4.49. The van der Waals surface area contributed by atoms with Gasteiger partial charge in [0.05, 0.1) is 0 Å². The summed E-state index contributed by atoms with van der Waals surface area (Å²) in [5.74, 6) is -1.68. The van der Waals surface area contributed by atoms with Crippen molar-refractivity contribution in [3.8, 4) is 0 Å². The minimum absolute atomic E-state index is 0.993. The van der Waals surface area contributed by atoms with Gasteiger partial charge in [0.2, 0.25) is 0 Å². The molecule has 0 aliphatic carbocycles. The summed E-state index contributed by atoms with van der Waals surface area (Å²) in [6.07, 6.45) is 0. The van der Waals surface area contributed by atoms with E-state index in [0.717, 1.165) is 14.2 Å². The van der Waals surface area contributed by atoms with E-state index >= 15 is 0 Å². The Labute approximate surface area is 79.1 Å². The predicted octanol–water partition coefficient (Wildman–Crippen LogP) is 1.69. The molecule has 0 aromatic heterocycles. The van der Waals surface area contributed by atoms with E-state index in [1.807, 2.05) is 0 Å². The zero-order chi connectivity index (χ0) is 9.99. The lowest BCUT2D eigenvalue weighted by molar-refractivity contribution is -0.136. The first-order chi connectivity index (χ1) is 5.31. The van der Waals surface area contributed by atoms with Crippen molar-refractivity contribution in [3.05, 3.63) is 0 Å². The lowest BCUT2D eigenvalue weighted by Gasteiger charge is -2.22. The summed E-state index contributed by atoms with van der Waals surface area (Å²) < 4.78 is 17.4. The van der Waals surface area contributed by atoms with Crippen molar-refractivity contribution in [2.24, 2.45) is 0 Å². The highest BCUT2D eigenvalue weighted by atomic mass is 35.5. The van der Waals surface area contributed by atoms with Crippen LogP contribution in [0.3, 0.4) is 0 Å². The van der Waals surface area contributed by atoms with Crippen LogP contribution in [-0.2, 0) is 18.4 Å². The average molecular weight is 237 g/mol. The Morgan fingerprint density at radius 3 is 1.83 bits per heavy atom. The monoisotopic (exact) mass is 236 g/mol. The van der Waals surface area contributed by atoms with E-state index in [0.29, 0.717) is 0 Å². The highest BCUT2D eigenvalue weighted by Crippen LogP contribution is 2.63. The number of alkyl halides is 2. The maximum atomic E-state index is 11.3. The maximum Gasteiger partial charge on any atom is 0.377 e. The van der Waals surface area contributed by atoms with Crippen molar-refractivity contribution >= 4 is 36.8 Å². The normalized spacial score (nSPS) is 13.0. The summed E-state index contributed by atoms with van der Waals surface area (Å²) in [6.45, 7) is 0. The minimum atomic E-state index is -4.01. The molecular weight excluding hydrogens is 230 g/mol. The molecule has 0 radical (unpaired) electrons. The molecule has 0 aromatic rings. The SMILES string of the molecule is COP(=O)(OC)C(Cl)(Cl)C(=O)O. The maximum absolute atomic E-state index is 11.3. The second-order valence-corrected chi connectivity index (χ2v) is 5.96. The third-order valence-electron chi connectivity index (χ3n) is 1.08. The molecule has 1 N–H and O–H groups in total. The summed E-state index contributed by atoms with van der Waals surface area (Å²) in [4.78, 5) is 10.4. The first kappa shape index (κ1) is 12.2. The van der Waals surface area contributed by atoms with Gasteiger partial charge in [-0.2, -0.15) is 0 Å². The molecule has 0 saturated carbocycles. The van der Waals surface area contributed by atoms with Crippen LogP contribution in [0.4, 0.5) is 0 Å². The van der Waals surface area contributed by atoms with Crippen LogP contribution in [0.5, 0.6) is 0 Å². The van der Waals surface area contributed by atoms with Gasteiger partial charge in [-0.15, -0.1) is 0 Å². The molecule has 0 heterocycles. The van der Waals surface area contributed by atoms with Crippen molar-refractivity contribution in [2.75, 3.05) is 14.2 Å². The molecule has 0 unspecified atom stereocenters. The van der Waals surface area contributed by atoms with Gasteiger partial charge >= 0.3 is 17.6 Å². The molecule has 5 nitrogen and oxygen atoms in total. The van der Waals surface area contributed by atoms with Crippen molar-refractivity contribution in [1.82, 2.24) is 0 Å². The Bertz CT molecular complexity index is 219. The molecule has 0 amide bonds. The molecular formula is C4H7Cl2O5P. The van der Waals surface area contributed by atoms with Crippen molar-refractivity contribution in [2.45, 2.75) is 4.07 Å². The number of carbonyl (C=O) groups is 1. The summed E-state index contributed by atoms with van der Waals surface area (Å²) in [5, 5.41) is 8.44. The largest absolute Gasteiger partial charge is 0.479 e. The van der Waals surface area contributed by atoms with Crippen molar-refractivity contribution in [1.29, 1.82) is 0 Å². The van der Waals surface area contributed by atoms with E-state index in [4.69, 9.17) is 28.3 Å². The zero-order valence-corrected chi connectivity index (χ0v) is 8.69. The standard InChI is InChI=1S/C4H7Cl2O5P/c1-10-12(9,11-2)4(5,6)3(7)8/h1-2H3,(H,7,8). The fourth-order valence-electron chi connectivity index (χ4n) is 0.421. The van der Waals surface area contributed by atoms with Gasteiger partial charge in [0.1, 0.15) is 0 Å². The first-order valence-corrected chi connectivity index (χ1v) is 4.94. The molecule has 0 bridgehead atoms. The van der Waals surface area contributed by atoms with Crippen LogP contribution >= 0.6 is 30.8 Å². The molecule has 12 heavy (non-hydrogen) atoms. The van der Waals surface area contributed by atoms with Gasteiger partial charge in [0.25, 0.3) is 0 Å². The summed E-state index contributed by atoms with van der Waals surface area (Å²) >= 11 is 10.5. The number of halogens is 2. The Morgan fingerprint density at radius 1 is 1.42 bits per heavy atom. The Morgan fingerprint density at radius 2 is 1.75 bits per heavy atom. The van der Waals surface area contributed by atoms with Crippen LogP contribution in [0.15, 0.2) is 0 Å². The van der Waals surface area contributed by atoms with Crippen LogP contribution in [-0.4, -0.2) is 29.4 Å². The van der Waals surface area contributed by atoms with E-state index < -0.39 is 17.6 Å². The fourth-order valence-corrected chi connectivity index (χ4v) is 2.09. The van der Waals surface area contributed by atoms with E-state index in [2.05, 4.69) is 9.05 Å². The highest BCUT2D eigenvalue weighted by Gasteiger charge is 2.54. The fraction of sp³-hybridized carbons (Fsp3) is 0.750. The van der Waals surface area contributed by atoms with Gasteiger partial charge in [-0.3, -0.25) is 4.57 Å². The minimum Gasteiger partial charge on any atom is -0.479 e. The van der Waals surface area contributed by atoms with E-state index in [9.17, 15) is 9.36 Å². The lowest BCUT2D eigenvalue weighted by atomic mass is 10.8. The number of aliphatic carboxylic acids is 1. The van der Waals surface area contributed by atoms with Gasteiger partial charge in [-0.05, 0) is 0 Å². The van der Waals surface area contributed by atoms with Gasteiger partial charge in [-0.25, -0.2) is 4.79 Å². The summed E-state index contributed by atoms with van der Waals surface area (Å²) in [6, 6.07) is 0. The molecule has 0 aliphatic heterocycles. The number of hydrogen-bond acceptors (Lipinski definition) is 4. The summed E-state index contributed by atoms with van der Waals surface area (Å²) in [5.41, 5.74) is 0. The summed E-state index contributed by atoms with van der Waals surface area (Å²) in [7, 11) is -2.02. The molecule has 0 fully saturated rings. The average Bonchev–Trinajstić information content (AvgIpc) is 2.02. The van der Waals surface area contributed by atoms with Crippen LogP contribution in [0, 0.1) is 0 Å². The van der Waals surface area contributed by atoms with Gasteiger partial charge in [0.15, 0.2) is 0 Å². The Kier molecular flexibility index (Phi) is 4.00. The molecule has 0 aromatic carbocycles. The molecule has 0 saturated heterocycles. The molecule has 0 rings (SSSR count). The van der Waals surface area contributed by atoms with Crippen LogP contribution in [0.25, 0.3) is 0 Å². The van der Waals surface area contributed by atoms with Gasteiger partial charge < -0.3 is 14.2 Å². The third kappa shape index (κ3) is 1.92. The van der Waals surface area contributed by atoms with Gasteiger partial charge in [0, 0.05) is 14.2 Å². The Hall–Kier alpha value is 0.200. The van der Waals surface area contributed by atoms with E-state index in [1.165, 1.54) is 0 Å². The number of carboxylic acid groups (broad SMARTS) is 1. The molecule has 72 valence electrons. The smallest absolute Gasteiger partial charge is 0.377 e. The number of hydrogen-bond donors (Lipinski definition) is 1. The number of rotatable bonds is 4. The molecule has 0 aliphatic rings. The van der Waals surface area contributed by atoms with Crippen molar-refractivity contribution in [3.63, 3.8) is 0 Å². The van der Waals surface area contributed by atoms with Crippen molar-refractivity contribution < 1.29 is 23.5 Å². The first-order valence-electron chi connectivity index (χ1n) is 2.64. The second-order valence-electron chi connectivity index (χ2n) is 1.71. The zero-order valence-electron chi connectivity index (χ0n) is 6.28. The highest BCUT2D eigenvalue weighted by molar-refractivity contribution is 7.61. The lowest BCUT2D eigenvalue weighted by Crippen LogP contribution is -2.26. The second kappa shape index (κ2) is 3.94. The van der Waals surface area contributed by atoms with E-state index in [1.54, 1.807) is 0 Å². The topological polar surface area (TPSA) is 72.8 Å². The molecule has 0 atom stereocenters. The quantitative estimate of drug-likeness (QED) is 0.594. The number of carboxylic acids is 1. The van der Waals surface area contributed by atoms with Gasteiger partial charge in [-0.1, -0.05) is 23.2 Å². The van der Waals surface area contributed by atoms with Crippen LogP contribution in [0.1, 0.15) is 0 Å². The van der Waals surface area contributed by atoms with E-state index in [-0.39, 0.29) is 0 Å².